The molecule has 1 aliphatic heterocycles. The number of anilines is 2. The highest BCUT2D eigenvalue weighted by Gasteiger charge is 2.31. The predicted molar refractivity (Wildman–Crippen MR) is 119 cm³/mol. The lowest BCUT2D eigenvalue weighted by Crippen LogP contribution is -2.38. The van der Waals surface area contributed by atoms with Crippen LogP contribution >= 0.6 is 22.9 Å². The summed E-state index contributed by atoms with van der Waals surface area (Å²) in [6.07, 6.45) is -1.21. The quantitative estimate of drug-likeness (QED) is 0.520. The van der Waals surface area contributed by atoms with Crippen LogP contribution in [0.1, 0.15) is 23.3 Å². The molecule has 0 radical (unpaired) electrons. The second-order valence-corrected chi connectivity index (χ2v) is 8.97. The SMILES string of the molecule is O=C(Nc1ncc(Cc2ccc(OC(F)(F)F)cc2)s1)C1CCN(c2ccc(Cl)nn2)CC1. The van der Waals surface area contributed by atoms with Gasteiger partial charge in [0.15, 0.2) is 16.1 Å². The van der Waals surface area contributed by atoms with E-state index in [0.29, 0.717) is 42.6 Å². The van der Waals surface area contributed by atoms with Gasteiger partial charge in [0.25, 0.3) is 0 Å². The zero-order valence-corrected chi connectivity index (χ0v) is 18.8. The summed E-state index contributed by atoms with van der Waals surface area (Å²) in [5, 5.41) is 11.6. The first kappa shape index (κ1) is 23.2. The van der Waals surface area contributed by atoms with Crippen molar-refractivity contribution in [3.05, 3.63) is 58.2 Å². The molecule has 0 saturated carbocycles. The first-order chi connectivity index (χ1) is 15.7. The maximum Gasteiger partial charge on any atom is 0.573 e. The minimum Gasteiger partial charge on any atom is -0.406 e. The number of ether oxygens (including phenoxy) is 1. The number of piperidine rings is 1. The van der Waals surface area contributed by atoms with Crippen LogP contribution in [0.5, 0.6) is 5.75 Å². The van der Waals surface area contributed by atoms with Gasteiger partial charge < -0.3 is 15.0 Å². The fourth-order valence-electron chi connectivity index (χ4n) is 3.51. The van der Waals surface area contributed by atoms with Crippen molar-refractivity contribution in [2.75, 3.05) is 23.3 Å². The Balaban J connectivity index is 1.27. The predicted octanol–water partition coefficient (Wildman–Crippen LogP) is 4.93. The van der Waals surface area contributed by atoms with E-state index in [1.54, 1.807) is 24.4 Å². The number of hydrogen-bond donors (Lipinski definition) is 1. The van der Waals surface area contributed by atoms with Crippen molar-refractivity contribution in [2.45, 2.75) is 25.6 Å². The molecule has 0 unspecified atom stereocenters. The van der Waals surface area contributed by atoms with Crippen LogP contribution in [0.25, 0.3) is 0 Å². The van der Waals surface area contributed by atoms with E-state index in [2.05, 4.69) is 30.1 Å². The van der Waals surface area contributed by atoms with E-state index in [9.17, 15) is 18.0 Å². The molecule has 33 heavy (non-hydrogen) atoms. The van der Waals surface area contributed by atoms with Gasteiger partial charge in [0.1, 0.15) is 5.75 Å². The Morgan fingerprint density at radius 3 is 2.52 bits per heavy atom. The van der Waals surface area contributed by atoms with Gasteiger partial charge in [-0.1, -0.05) is 23.7 Å². The largest absolute Gasteiger partial charge is 0.573 e. The van der Waals surface area contributed by atoms with Gasteiger partial charge in [-0.05, 0) is 42.7 Å². The summed E-state index contributed by atoms with van der Waals surface area (Å²) in [6.45, 7) is 1.37. The molecule has 12 heteroatoms. The molecule has 1 amide bonds. The van der Waals surface area contributed by atoms with Gasteiger partial charge in [-0.2, -0.15) is 0 Å². The number of thiazole rings is 1. The third kappa shape index (κ3) is 6.55. The van der Waals surface area contributed by atoms with Gasteiger partial charge in [-0.3, -0.25) is 4.79 Å². The Hall–Kier alpha value is -2.92. The number of benzene rings is 1. The van der Waals surface area contributed by atoms with Crippen LogP contribution < -0.4 is 15.0 Å². The number of nitrogens with zero attached hydrogens (tertiary/aromatic N) is 4. The molecule has 0 atom stereocenters. The molecule has 3 heterocycles. The molecule has 1 N–H and O–H groups in total. The molecule has 1 fully saturated rings. The summed E-state index contributed by atoms with van der Waals surface area (Å²) in [6, 6.07) is 9.18. The van der Waals surface area contributed by atoms with Gasteiger partial charge >= 0.3 is 6.36 Å². The van der Waals surface area contributed by atoms with Crippen LogP contribution in [0.2, 0.25) is 5.15 Å². The van der Waals surface area contributed by atoms with Gasteiger partial charge in [0.05, 0.1) is 0 Å². The number of nitrogens with one attached hydrogen (secondary N) is 1. The number of carbonyl (C=O) groups excluding carboxylic acids is 1. The van der Waals surface area contributed by atoms with Crippen LogP contribution in [-0.2, 0) is 11.2 Å². The zero-order chi connectivity index (χ0) is 23.4. The minimum atomic E-state index is -4.72. The molecule has 0 bridgehead atoms. The highest BCUT2D eigenvalue weighted by Crippen LogP contribution is 2.27. The average molecular weight is 498 g/mol. The summed E-state index contributed by atoms with van der Waals surface area (Å²) in [5.74, 6) is 0.264. The Morgan fingerprint density at radius 2 is 1.88 bits per heavy atom. The van der Waals surface area contributed by atoms with Crippen LogP contribution in [0.15, 0.2) is 42.6 Å². The summed E-state index contributed by atoms with van der Waals surface area (Å²) in [7, 11) is 0. The Kier molecular flexibility index (Phi) is 6.99. The molecular formula is C21H19ClF3N5O2S. The lowest BCUT2D eigenvalue weighted by atomic mass is 9.96. The number of aromatic nitrogens is 3. The highest BCUT2D eigenvalue weighted by atomic mass is 35.5. The number of halogens is 4. The monoisotopic (exact) mass is 497 g/mol. The van der Waals surface area contributed by atoms with E-state index in [-0.39, 0.29) is 17.6 Å². The summed E-state index contributed by atoms with van der Waals surface area (Å²) < 4.78 is 40.7. The van der Waals surface area contributed by atoms with Crippen molar-refractivity contribution in [2.24, 2.45) is 5.92 Å². The molecule has 3 aromatic rings. The van der Waals surface area contributed by atoms with E-state index >= 15 is 0 Å². The van der Waals surface area contributed by atoms with Crippen LogP contribution in [0.3, 0.4) is 0 Å². The zero-order valence-electron chi connectivity index (χ0n) is 17.2. The maximum atomic E-state index is 12.7. The van der Waals surface area contributed by atoms with E-state index in [4.69, 9.17) is 11.6 Å². The summed E-state index contributed by atoms with van der Waals surface area (Å²) in [5.41, 5.74) is 0.809. The third-order valence-electron chi connectivity index (χ3n) is 5.13. The molecule has 1 saturated heterocycles. The van der Waals surface area contributed by atoms with Gasteiger partial charge in [0.2, 0.25) is 5.91 Å². The lowest BCUT2D eigenvalue weighted by molar-refractivity contribution is -0.274. The van der Waals surface area contributed by atoms with Crippen molar-refractivity contribution in [3.63, 3.8) is 0 Å². The number of amides is 1. The van der Waals surface area contributed by atoms with Gasteiger partial charge in [-0.25, -0.2) is 4.98 Å². The van der Waals surface area contributed by atoms with Crippen molar-refractivity contribution in [1.29, 1.82) is 0 Å². The smallest absolute Gasteiger partial charge is 0.406 e. The Labute approximate surface area is 196 Å². The fraction of sp³-hybridized carbons (Fsp3) is 0.333. The number of alkyl halides is 3. The van der Waals surface area contributed by atoms with Gasteiger partial charge in [0, 0.05) is 36.5 Å². The normalized spacial score (nSPS) is 14.8. The Bertz CT molecular complexity index is 1080. The van der Waals surface area contributed by atoms with E-state index in [0.717, 1.165) is 16.3 Å². The number of hydrogen-bond acceptors (Lipinski definition) is 7. The highest BCUT2D eigenvalue weighted by molar-refractivity contribution is 7.15. The molecule has 0 aliphatic carbocycles. The molecule has 1 aromatic carbocycles. The first-order valence-corrected chi connectivity index (χ1v) is 11.3. The van der Waals surface area contributed by atoms with Crippen molar-refractivity contribution in [3.8, 4) is 5.75 Å². The van der Waals surface area contributed by atoms with Gasteiger partial charge in [-0.15, -0.1) is 34.7 Å². The topological polar surface area (TPSA) is 80.2 Å². The molecule has 0 spiro atoms. The second kappa shape index (κ2) is 9.92. The minimum absolute atomic E-state index is 0.0774. The third-order valence-corrected chi connectivity index (χ3v) is 6.24. The van der Waals surface area contributed by atoms with Crippen molar-refractivity contribution >= 4 is 39.8 Å². The number of carbonyl (C=O) groups is 1. The van der Waals surface area contributed by atoms with Crippen LogP contribution in [0.4, 0.5) is 24.1 Å². The van der Waals surface area contributed by atoms with E-state index in [1.165, 1.54) is 23.5 Å². The summed E-state index contributed by atoms with van der Waals surface area (Å²) >= 11 is 7.11. The van der Waals surface area contributed by atoms with E-state index < -0.39 is 6.36 Å². The lowest BCUT2D eigenvalue weighted by Gasteiger charge is -2.31. The Morgan fingerprint density at radius 1 is 1.15 bits per heavy atom. The molecule has 2 aromatic heterocycles. The molecule has 7 nitrogen and oxygen atoms in total. The van der Waals surface area contributed by atoms with E-state index in [1.807, 2.05) is 6.07 Å². The molecule has 174 valence electrons. The molecule has 4 rings (SSSR count). The van der Waals surface area contributed by atoms with Crippen molar-refractivity contribution in [1.82, 2.24) is 15.2 Å². The first-order valence-electron chi connectivity index (χ1n) is 10.1. The average Bonchev–Trinajstić information content (AvgIpc) is 3.21. The fourth-order valence-corrected chi connectivity index (χ4v) is 4.46. The number of rotatable bonds is 6. The maximum absolute atomic E-state index is 12.7. The summed E-state index contributed by atoms with van der Waals surface area (Å²) in [4.78, 5) is 19.9. The van der Waals surface area contributed by atoms with Crippen LogP contribution in [-0.4, -0.2) is 40.5 Å². The molecule has 1 aliphatic rings. The van der Waals surface area contributed by atoms with Crippen molar-refractivity contribution < 1.29 is 22.7 Å². The standard InChI is InChI=1S/C21H19ClF3N5O2S/c22-17-5-6-18(29-28-17)30-9-7-14(8-10-30)19(31)27-20-26-12-16(33-20)11-13-1-3-15(4-2-13)32-21(23,24)25/h1-6,12,14H,7-11H2,(H,26,27,31). The van der Waals surface area contributed by atoms with Crippen LogP contribution in [0, 0.1) is 5.92 Å². The second-order valence-electron chi connectivity index (χ2n) is 7.47. The molecular weight excluding hydrogens is 479 g/mol.